The van der Waals surface area contributed by atoms with Crippen LogP contribution in [0.15, 0.2) is 29.3 Å². The molecule has 0 amide bonds. The zero-order chi connectivity index (χ0) is 18.9. The maximum atomic E-state index is 13.1. The standard InChI is InChI=1S/C21H34FN5/c22-19-7-9-20(10-8-19)26-15-17-27(18-16-26)21(23)24-11-3-1-4-12-25-13-5-2-6-14-25/h7-10H,1-6,11-18H2,(H2,23,24). The molecule has 5 nitrogen and oxygen atoms in total. The Morgan fingerprint density at radius 1 is 0.889 bits per heavy atom. The maximum absolute atomic E-state index is 13.1. The zero-order valence-corrected chi connectivity index (χ0v) is 16.5. The molecule has 0 radical (unpaired) electrons. The van der Waals surface area contributed by atoms with Crippen LogP contribution < -0.4 is 10.6 Å². The van der Waals surface area contributed by atoms with E-state index in [1.54, 1.807) is 0 Å². The number of anilines is 1. The van der Waals surface area contributed by atoms with E-state index in [4.69, 9.17) is 5.73 Å². The largest absolute Gasteiger partial charge is 0.370 e. The van der Waals surface area contributed by atoms with E-state index in [2.05, 4.69) is 19.7 Å². The first-order chi connectivity index (χ1) is 13.2. The van der Waals surface area contributed by atoms with E-state index in [1.165, 1.54) is 63.9 Å². The van der Waals surface area contributed by atoms with Crippen LogP contribution in [0.4, 0.5) is 10.1 Å². The molecule has 150 valence electrons. The molecule has 0 aliphatic carbocycles. The summed E-state index contributed by atoms with van der Waals surface area (Å²) in [4.78, 5) is 11.6. The van der Waals surface area contributed by atoms with Crippen molar-refractivity contribution in [1.29, 1.82) is 0 Å². The molecule has 2 fully saturated rings. The van der Waals surface area contributed by atoms with Gasteiger partial charge in [-0.3, -0.25) is 4.99 Å². The molecular weight excluding hydrogens is 341 g/mol. The van der Waals surface area contributed by atoms with Crippen molar-refractivity contribution in [2.45, 2.75) is 38.5 Å². The minimum absolute atomic E-state index is 0.190. The first-order valence-corrected chi connectivity index (χ1v) is 10.5. The molecule has 27 heavy (non-hydrogen) atoms. The Labute approximate surface area is 163 Å². The summed E-state index contributed by atoms with van der Waals surface area (Å²) in [5, 5.41) is 0. The summed E-state index contributed by atoms with van der Waals surface area (Å²) in [6.45, 7) is 8.14. The lowest BCUT2D eigenvalue weighted by Gasteiger charge is -2.36. The lowest BCUT2D eigenvalue weighted by atomic mass is 10.1. The van der Waals surface area contributed by atoms with Crippen molar-refractivity contribution < 1.29 is 4.39 Å². The topological polar surface area (TPSA) is 48.1 Å². The van der Waals surface area contributed by atoms with Gasteiger partial charge in [0.1, 0.15) is 5.82 Å². The summed E-state index contributed by atoms with van der Waals surface area (Å²) in [7, 11) is 0. The van der Waals surface area contributed by atoms with E-state index in [0.29, 0.717) is 5.96 Å². The smallest absolute Gasteiger partial charge is 0.191 e. The summed E-state index contributed by atoms with van der Waals surface area (Å²) < 4.78 is 13.1. The van der Waals surface area contributed by atoms with Crippen molar-refractivity contribution in [3.63, 3.8) is 0 Å². The quantitative estimate of drug-likeness (QED) is 0.452. The minimum atomic E-state index is -0.190. The zero-order valence-electron chi connectivity index (χ0n) is 16.5. The Morgan fingerprint density at radius 2 is 1.59 bits per heavy atom. The molecule has 0 unspecified atom stereocenters. The first-order valence-electron chi connectivity index (χ1n) is 10.5. The van der Waals surface area contributed by atoms with Gasteiger partial charge in [-0.15, -0.1) is 0 Å². The highest BCUT2D eigenvalue weighted by molar-refractivity contribution is 5.78. The fraction of sp³-hybridized carbons (Fsp3) is 0.667. The third-order valence-electron chi connectivity index (χ3n) is 5.65. The van der Waals surface area contributed by atoms with Gasteiger partial charge in [0.25, 0.3) is 0 Å². The SMILES string of the molecule is NC(=NCCCCCN1CCCCC1)N1CCN(c2ccc(F)cc2)CC1. The van der Waals surface area contributed by atoms with E-state index in [1.807, 2.05) is 12.1 Å². The van der Waals surface area contributed by atoms with Crippen molar-refractivity contribution >= 4 is 11.6 Å². The van der Waals surface area contributed by atoms with Gasteiger partial charge in [-0.05, 0) is 69.6 Å². The highest BCUT2D eigenvalue weighted by atomic mass is 19.1. The van der Waals surface area contributed by atoms with Crippen LogP contribution in [0.3, 0.4) is 0 Å². The van der Waals surface area contributed by atoms with Crippen LogP contribution in [-0.2, 0) is 0 Å². The summed E-state index contributed by atoms with van der Waals surface area (Å²) >= 11 is 0. The molecule has 0 atom stereocenters. The molecule has 3 rings (SSSR count). The number of aliphatic imine (C=N–C) groups is 1. The second kappa shape index (κ2) is 10.5. The molecule has 0 aromatic heterocycles. The molecule has 0 spiro atoms. The van der Waals surface area contributed by atoms with Gasteiger partial charge >= 0.3 is 0 Å². The number of piperazine rings is 1. The van der Waals surface area contributed by atoms with E-state index in [-0.39, 0.29) is 5.82 Å². The predicted molar refractivity (Wildman–Crippen MR) is 111 cm³/mol. The molecule has 1 aromatic rings. The van der Waals surface area contributed by atoms with Crippen molar-refractivity contribution in [1.82, 2.24) is 9.80 Å². The highest BCUT2D eigenvalue weighted by Crippen LogP contribution is 2.17. The van der Waals surface area contributed by atoms with Crippen LogP contribution in [0.5, 0.6) is 0 Å². The van der Waals surface area contributed by atoms with Gasteiger partial charge < -0.3 is 20.4 Å². The Hall–Kier alpha value is -1.82. The van der Waals surface area contributed by atoms with Gasteiger partial charge in [0.05, 0.1) is 0 Å². The van der Waals surface area contributed by atoms with Gasteiger partial charge in [-0.2, -0.15) is 0 Å². The van der Waals surface area contributed by atoms with Gasteiger partial charge in [0.2, 0.25) is 0 Å². The van der Waals surface area contributed by atoms with E-state index < -0.39 is 0 Å². The number of piperidine rings is 1. The normalized spacial score (nSPS) is 19.5. The highest BCUT2D eigenvalue weighted by Gasteiger charge is 2.18. The van der Waals surface area contributed by atoms with E-state index in [0.717, 1.165) is 44.8 Å². The number of guanidine groups is 1. The summed E-state index contributed by atoms with van der Waals surface area (Å²) in [5.74, 6) is 0.481. The Balaban J connectivity index is 1.30. The Kier molecular flexibility index (Phi) is 7.75. The Morgan fingerprint density at radius 3 is 2.30 bits per heavy atom. The average molecular weight is 376 g/mol. The number of rotatable bonds is 7. The second-order valence-corrected chi connectivity index (χ2v) is 7.65. The number of benzene rings is 1. The minimum Gasteiger partial charge on any atom is -0.370 e. The molecule has 2 N–H and O–H groups in total. The molecule has 2 heterocycles. The number of likely N-dealkylation sites (tertiary alicyclic amines) is 1. The van der Waals surface area contributed by atoms with Gasteiger partial charge in [0, 0.05) is 38.4 Å². The van der Waals surface area contributed by atoms with Crippen LogP contribution in [-0.4, -0.2) is 68.1 Å². The van der Waals surface area contributed by atoms with Gasteiger partial charge in [0.15, 0.2) is 5.96 Å². The van der Waals surface area contributed by atoms with Crippen LogP contribution in [0, 0.1) is 5.82 Å². The number of hydrogen-bond acceptors (Lipinski definition) is 3. The lowest BCUT2D eigenvalue weighted by molar-refractivity contribution is 0.224. The fourth-order valence-corrected chi connectivity index (χ4v) is 3.95. The van der Waals surface area contributed by atoms with E-state index in [9.17, 15) is 4.39 Å². The van der Waals surface area contributed by atoms with Crippen molar-refractivity contribution in [2.24, 2.45) is 10.7 Å². The monoisotopic (exact) mass is 375 g/mol. The molecule has 2 saturated heterocycles. The molecule has 1 aromatic carbocycles. The molecule has 0 bridgehead atoms. The van der Waals surface area contributed by atoms with Crippen LogP contribution >= 0.6 is 0 Å². The summed E-state index contributed by atoms with van der Waals surface area (Å²) in [6.07, 6.45) is 7.76. The lowest BCUT2D eigenvalue weighted by Crippen LogP contribution is -2.51. The fourth-order valence-electron chi connectivity index (χ4n) is 3.95. The molecule has 2 aliphatic rings. The van der Waals surface area contributed by atoms with Crippen LogP contribution in [0.25, 0.3) is 0 Å². The van der Waals surface area contributed by atoms with Crippen molar-refractivity contribution in [3.05, 3.63) is 30.1 Å². The molecular formula is C21H34FN5. The predicted octanol–water partition coefficient (Wildman–Crippen LogP) is 2.92. The number of unbranched alkanes of at least 4 members (excludes halogenated alkanes) is 2. The third-order valence-corrected chi connectivity index (χ3v) is 5.65. The van der Waals surface area contributed by atoms with Crippen molar-refractivity contribution in [2.75, 3.05) is 57.3 Å². The third kappa shape index (κ3) is 6.38. The van der Waals surface area contributed by atoms with Gasteiger partial charge in [-0.1, -0.05) is 12.8 Å². The first kappa shape index (κ1) is 19.9. The number of halogens is 1. The van der Waals surface area contributed by atoms with Crippen LogP contribution in [0.1, 0.15) is 38.5 Å². The van der Waals surface area contributed by atoms with E-state index >= 15 is 0 Å². The molecule has 0 saturated carbocycles. The van der Waals surface area contributed by atoms with Gasteiger partial charge in [-0.25, -0.2) is 4.39 Å². The number of nitrogens with zero attached hydrogens (tertiary/aromatic N) is 4. The number of nitrogens with two attached hydrogens (primary N) is 1. The number of hydrogen-bond donors (Lipinski definition) is 1. The molecule has 6 heteroatoms. The Bertz CT molecular complexity index is 575. The second-order valence-electron chi connectivity index (χ2n) is 7.65. The molecule has 2 aliphatic heterocycles. The maximum Gasteiger partial charge on any atom is 0.191 e. The van der Waals surface area contributed by atoms with Crippen LogP contribution in [0.2, 0.25) is 0 Å². The summed E-state index contributed by atoms with van der Waals surface area (Å²) in [5.41, 5.74) is 7.25. The van der Waals surface area contributed by atoms with Crippen molar-refractivity contribution in [3.8, 4) is 0 Å². The average Bonchev–Trinajstić information content (AvgIpc) is 2.72. The summed E-state index contributed by atoms with van der Waals surface area (Å²) in [6, 6.07) is 6.71.